The number of hydrogen-bond donors (Lipinski definition) is 1. The minimum absolute atomic E-state index is 0.0183. The third-order valence-electron chi connectivity index (χ3n) is 4.44. The molecule has 0 aliphatic carbocycles. The molecule has 2 heterocycles. The van der Waals surface area contributed by atoms with Crippen LogP contribution in [-0.2, 0) is 9.53 Å². The second-order valence-electron chi connectivity index (χ2n) is 6.78. The Bertz CT molecular complexity index is 866. The molecule has 1 aliphatic heterocycles. The van der Waals surface area contributed by atoms with Crippen molar-refractivity contribution >= 4 is 17.5 Å². The average Bonchev–Trinajstić information content (AvgIpc) is 2.76. The highest BCUT2D eigenvalue weighted by atomic mass is 16.5. The molecular formula is C21H26N4O5. The fourth-order valence-electron chi connectivity index (χ4n) is 2.89. The lowest BCUT2D eigenvalue weighted by atomic mass is 10.1. The number of hydrogen-bond acceptors (Lipinski definition) is 8. The topological polar surface area (TPSA) is 103 Å². The van der Waals surface area contributed by atoms with Crippen molar-refractivity contribution in [3.05, 3.63) is 41.7 Å². The lowest BCUT2D eigenvalue weighted by Gasteiger charge is -2.28. The molecule has 9 heteroatoms. The van der Waals surface area contributed by atoms with E-state index < -0.39 is 0 Å². The summed E-state index contributed by atoms with van der Waals surface area (Å²) in [6.45, 7) is 6.71. The van der Waals surface area contributed by atoms with Crippen molar-refractivity contribution in [3.8, 4) is 11.6 Å². The number of rotatable bonds is 9. The molecular weight excluding hydrogens is 388 g/mol. The predicted molar refractivity (Wildman–Crippen MR) is 110 cm³/mol. The molecule has 1 aromatic heterocycles. The van der Waals surface area contributed by atoms with Crippen molar-refractivity contribution in [1.82, 2.24) is 15.3 Å². The number of nitrogens with zero attached hydrogens (tertiary/aromatic N) is 3. The van der Waals surface area contributed by atoms with Crippen LogP contribution in [0, 0.1) is 6.92 Å². The third-order valence-corrected chi connectivity index (χ3v) is 4.44. The number of amides is 1. The lowest BCUT2D eigenvalue weighted by Crippen LogP contribution is -2.37. The third kappa shape index (κ3) is 6.41. The number of aromatic nitrogens is 2. The SMILES string of the molecule is CC(=O)c1ccc(OCC(=O)NCCOc2cc(N3CCOCC3)nc(C)n2)cc1. The molecule has 1 aromatic carbocycles. The number of nitrogens with one attached hydrogen (secondary N) is 1. The molecule has 9 nitrogen and oxygen atoms in total. The van der Waals surface area contributed by atoms with Crippen LogP contribution in [0.4, 0.5) is 5.82 Å². The maximum atomic E-state index is 11.9. The van der Waals surface area contributed by atoms with Crippen LogP contribution < -0.4 is 19.7 Å². The van der Waals surface area contributed by atoms with Gasteiger partial charge in [0, 0.05) is 24.7 Å². The number of benzene rings is 1. The molecule has 1 aliphatic rings. The normalized spacial score (nSPS) is 13.6. The van der Waals surface area contributed by atoms with Crippen LogP contribution in [0.2, 0.25) is 0 Å². The highest BCUT2D eigenvalue weighted by Gasteiger charge is 2.14. The van der Waals surface area contributed by atoms with Gasteiger partial charge in [0.15, 0.2) is 12.4 Å². The summed E-state index contributed by atoms with van der Waals surface area (Å²) in [7, 11) is 0. The molecule has 0 unspecified atom stereocenters. The van der Waals surface area contributed by atoms with Crippen LogP contribution in [0.15, 0.2) is 30.3 Å². The number of morpholine rings is 1. The van der Waals surface area contributed by atoms with Gasteiger partial charge in [-0.15, -0.1) is 0 Å². The smallest absolute Gasteiger partial charge is 0.258 e. The van der Waals surface area contributed by atoms with E-state index in [9.17, 15) is 9.59 Å². The highest BCUT2D eigenvalue weighted by Crippen LogP contribution is 2.18. The predicted octanol–water partition coefficient (Wildman–Crippen LogP) is 1.40. The number of ketones is 1. The zero-order valence-corrected chi connectivity index (χ0v) is 17.2. The van der Waals surface area contributed by atoms with E-state index in [1.807, 2.05) is 6.92 Å². The van der Waals surface area contributed by atoms with Crippen molar-refractivity contribution in [2.24, 2.45) is 0 Å². The molecule has 2 aromatic rings. The van der Waals surface area contributed by atoms with Gasteiger partial charge in [0.05, 0.1) is 19.8 Å². The molecule has 3 rings (SSSR count). The Kier molecular flexibility index (Phi) is 7.56. The summed E-state index contributed by atoms with van der Waals surface area (Å²) in [6.07, 6.45) is 0. The number of aryl methyl sites for hydroxylation is 1. The van der Waals surface area contributed by atoms with Gasteiger partial charge in [-0.1, -0.05) is 0 Å². The van der Waals surface area contributed by atoms with Crippen LogP contribution in [-0.4, -0.2) is 67.7 Å². The second kappa shape index (κ2) is 10.5. The number of carbonyl (C=O) groups excluding carboxylic acids is 2. The monoisotopic (exact) mass is 414 g/mol. The van der Waals surface area contributed by atoms with Crippen LogP contribution in [0.5, 0.6) is 11.6 Å². The Morgan fingerprint density at radius 3 is 2.57 bits per heavy atom. The number of ether oxygens (including phenoxy) is 3. The van der Waals surface area contributed by atoms with Crippen LogP contribution in [0.3, 0.4) is 0 Å². The Labute approximate surface area is 175 Å². The number of carbonyl (C=O) groups is 2. The van der Waals surface area contributed by atoms with Crippen LogP contribution >= 0.6 is 0 Å². The molecule has 0 atom stereocenters. The quantitative estimate of drug-likeness (QED) is 0.485. The summed E-state index contributed by atoms with van der Waals surface area (Å²) in [5.74, 6) is 2.16. The Morgan fingerprint density at radius 1 is 1.13 bits per heavy atom. The lowest BCUT2D eigenvalue weighted by molar-refractivity contribution is -0.123. The Balaban J connectivity index is 1.39. The van der Waals surface area contributed by atoms with Crippen LogP contribution in [0.25, 0.3) is 0 Å². The Hall–Kier alpha value is -3.20. The molecule has 160 valence electrons. The van der Waals surface area contributed by atoms with E-state index in [0.29, 0.717) is 42.8 Å². The molecule has 1 fully saturated rings. The fraction of sp³-hybridized carbons (Fsp3) is 0.429. The van der Waals surface area contributed by atoms with Crippen molar-refractivity contribution in [2.45, 2.75) is 13.8 Å². The highest BCUT2D eigenvalue weighted by molar-refractivity contribution is 5.94. The first-order valence-corrected chi connectivity index (χ1v) is 9.83. The van der Waals surface area contributed by atoms with Gasteiger partial charge in [-0.3, -0.25) is 9.59 Å². The van der Waals surface area contributed by atoms with Gasteiger partial charge in [-0.2, -0.15) is 4.98 Å². The molecule has 30 heavy (non-hydrogen) atoms. The van der Waals surface area contributed by atoms with E-state index in [0.717, 1.165) is 18.9 Å². The van der Waals surface area contributed by atoms with Crippen molar-refractivity contribution in [1.29, 1.82) is 0 Å². The summed E-state index contributed by atoms with van der Waals surface area (Å²) in [5, 5.41) is 2.73. The van der Waals surface area contributed by atoms with E-state index in [1.54, 1.807) is 30.3 Å². The summed E-state index contributed by atoms with van der Waals surface area (Å²) < 4.78 is 16.5. The minimum atomic E-state index is -0.262. The van der Waals surface area contributed by atoms with E-state index in [1.165, 1.54) is 6.92 Å². The van der Waals surface area contributed by atoms with Gasteiger partial charge in [0.2, 0.25) is 5.88 Å². The van der Waals surface area contributed by atoms with Gasteiger partial charge in [-0.25, -0.2) is 4.98 Å². The molecule has 0 saturated carbocycles. The molecule has 0 radical (unpaired) electrons. The van der Waals surface area contributed by atoms with Crippen molar-refractivity contribution in [3.63, 3.8) is 0 Å². The van der Waals surface area contributed by atoms with Gasteiger partial charge >= 0.3 is 0 Å². The average molecular weight is 414 g/mol. The first-order valence-electron chi connectivity index (χ1n) is 9.83. The Morgan fingerprint density at radius 2 is 1.87 bits per heavy atom. The zero-order valence-electron chi connectivity index (χ0n) is 17.2. The summed E-state index contributed by atoms with van der Waals surface area (Å²) in [6, 6.07) is 8.46. The van der Waals surface area contributed by atoms with E-state index in [2.05, 4.69) is 20.2 Å². The summed E-state index contributed by atoms with van der Waals surface area (Å²) in [4.78, 5) is 34.1. The number of Topliss-reactive ketones (excluding diaryl/α,β-unsaturated/α-hetero) is 1. The minimum Gasteiger partial charge on any atom is -0.484 e. The molecule has 1 saturated heterocycles. The maximum absolute atomic E-state index is 11.9. The standard InChI is InChI=1S/C21H26N4O5/c1-15(26)17-3-5-18(6-4-17)30-14-20(27)22-7-10-29-21-13-19(23-16(2)24-21)25-8-11-28-12-9-25/h3-6,13H,7-12,14H2,1-2H3,(H,22,27). The zero-order chi connectivity index (χ0) is 21.3. The van der Waals surface area contributed by atoms with Gasteiger partial charge in [0.25, 0.3) is 5.91 Å². The molecule has 0 bridgehead atoms. The first kappa shape index (κ1) is 21.5. The summed E-state index contributed by atoms with van der Waals surface area (Å²) >= 11 is 0. The molecule has 0 spiro atoms. The number of anilines is 1. The van der Waals surface area contributed by atoms with Crippen molar-refractivity contribution in [2.75, 3.05) is 51.0 Å². The fourth-order valence-corrected chi connectivity index (χ4v) is 2.89. The summed E-state index contributed by atoms with van der Waals surface area (Å²) in [5.41, 5.74) is 0.598. The van der Waals surface area contributed by atoms with Gasteiger partial charge in [0.1, 0.15) is 24.0 Å². The van der Waals surface area contributed by atoms with E-state index in [-0.39, 0.29) is 24.9 Å². The van der Waals surface area contributed by atoms with E-state index in [4.69, 9.17) is 14.2 Å². The van der Waals surface area contributed by atoms with Crippen molar-refractivity contribution < 1.29 is 23.8 Å². The first-order chi connectivity index (χ1) is 14.5. The molecule has 1 amide bonds. The van der Waals surface area contributed by atoms with Gasteiger partial charge < -0.3 is 24.4 Å². The molecule has 1 N–H and O–H groups in total. The van der Waals surface area contributed by atoms with E-state index >= 15 is 0 Å². The van der Waals surface area contributed by atoms with Crippen LogP contribution in [0.1, 0.15) is 23.1 Å². The largest absolute Gasteiger partial charge is 0.484 e. The second-order valence-corrected chi connectivity index (χ2v) is 6.78. The maximum Gasteiger partial charge on any atom is 0.258 e. The van der Waals surface area contributed by atoms with Gasteiger partial charge in [-0.05, 0) is 38.1 Å².